The Balaban J connectivity index is 2.22. The molecule has 2 aromatic rings. The number of benzene rings is 2. The first kappa shape index (κ1) is 16.6. The van der Waals surface area contributed by atoms with Gasteiger partial charge in [-0.2, -0.15) is 0 Å². The molecule has 0 saturated carbocycles. The summed E-state index contributed by atoms with van der Waals surface area (Å²) in [5.41, 5.74) is 1.29. The molecule has 112 valence electrons. The lowest BCUT2D eigenvalue weighted by atomic mass is 10.2. The van der Waals surface area contributed by atoms with Crippen LogP contribution in [0, 0.1) is 5.82 Å². The van der Waals surface area contributed by atoms with Crippen molar-refractivity contribution in [3.8, 4) is 5.75 Å². The van der Waals surface area contributed by atoms with Crippen LogP contribution in [0.3, 0.4) is 0 Å². The second kappa shape index (κ2) is 7.47. The van der Waals surface area contributed by atoms with Gasteiger partial charge in [0.2, 0.25) is 0 Å². The van der Waals surface area contributed by atoms with Crippen LogP contribution in [0.2, 0.25) is 5.02 Å². The van der Waals surface area contributed by atoms with E-state index in [1.165, 1.54) is 6.07 Å². The van der Waals surface area contributed by atoms with Crippen molar-refractivity contribution in [3.05, 3.63) is 55.7 Å². The predicted molar refractivity (Wildman–Crippen MR) is 91.7 cm³/mol. The van der Waals surface area contributed by atoms with Crippen molar-refractivity contribution in [3.63, 3.8) is 0 Å². The van der Waals surface area contributed by atoms with Crippen LogP contribution in [0.25, 0.3) is 0 Å². The van der Waals surface area contributed by atoms with Gasteiger partial charge in [0.25, 0.3) is 0 Å². The lowest BCUT2D eigenvalue weighted by Gasteiger charge is -2.15. The minimum Gasteiger partial charge on any atom is -0.491 e. The van der Waals surface area contributed by atoms with E-state index in [4.69, 9.17) is 16.3 Å². The summed E-state index contributed by atoms with van der Waals surface area (Å²) >= 11 is 12.7. The number of hydrogen-bond donors (Lipinski definition) is 1. The molecule has 6 heteroatoms. The Labute approximate surface area is 144 Å². The lowest BCUT2D eigenvalue weighted by Crippen LogP contribution is -2.05. The Morgan fingerprint density at radius 2 is 2.00 bits per heavy atom. The second-order valence-electron chi connectivity index (χ2n) is 4.29. The van der Waals surface area contributed by atoms with Crippen LogP contribution in [0.1, 0.15) is 12.5 Å². The number of rotatable bonds is 5. The molecule has 2 rings (SSSR count). The zero-order valence-electron chi connectivity index (χ0n) is 11.2. The number of ether oxygens (including phenoxy) is 1. The maximum absolute atomic E-state index is 13.8. The van der Waals surface area contributed by atoms with E-state index in [2.05, 4.69) is 37.2 Å². The Morgan fingerprint density at radius 3 is 2.67 bits per heavy atom. The maximum atomic E-state index is 13.8. The van der Waals surface area contributed by atoms with Crippen molar-refractivity contribution in [1.29, 1.82) is 0 Å². The molecule has 0 fully saturated rings. The van der Waals surface area contributed by atoms with Crippen molar-refractivity contribution in [2.45, 2.75) is 13.5 Å². The molecule has 21 heavy (non-hydrogen) atoms. The molecule has 2 nitrogen and oxygen atoms in total. The van der Waals surface area contributed by atoms with Gasteiger partial charge in [-0.1, -0.05) is 33.6 Å². The van der Waals surface area contributed by atoms with Crippen molar-refractivity contribution in [2.24, 2.45) is 0 Å². The van der Waals surface area contributed by atoms with Gasteiger partial charge in [-0.3, -0.25) is 0 Å². The second-order valence-corrected chi connectivity index (χ2v) is 6.49. The topological polar surface area (TPSA) is 21.3 Å². The van der Waals surface area contributed by atoms with Gasteiger partial charge in [0, 0.05) is 21.6 Å². The van der Waals surface area contributed by atoms with Crippen LogP contribution in [-0.2, 0) is 6.54 Å². The van der Waals surface area contributed by atoms with E-state index in [-0.39, 0.29) is 5.82 Å². The molecule has 0 aromatic heterocycles. The molecule has 0 radical (unpaired) electrons. The first-order valence-electron chi connectivity index (χ1n) is 6.31. The van der Waals surface area contributed by atoms with Gasteiger partial charge in [-0.15, -0.1) is 0 Å². The molecular weight excluding hydrogens is 424 g/mol. The van der Waals surface area contributed by atoms with Crippen molar-refractivity contribution < 1.29 is 9.13 Å². The number of nitrogens with one attached hydrogen (secondary N) is 1. The Bertz CT molecular complexity index is 652. The molecule has 0 aliphatic rings. The summed E-state index contributed by atoms with van der Waals surface area (Å²) in [6, 6.07) is 8.49. The average Bonchev–Trinajstić information content (AvgIpc) is 2.41. The van der Waals surface area contributed by atoms with E-state index in [1.54, 1.807) is 24.3 Å². The zero-order chi connectivity index (χ0) is 15.4. The van der Waals surface area contributed by atoms with Gasteiger partial charge in [0.05, 0.1) is 16.8 Å². The van der Waals surface area contributed by atoms with Crippen LogP contribution < -0.4 is 10.1 Å². The van der Waals surface area contributed by atoms with Crippen LogP contribution in [0.15, 0.2) is 39.3 Å². The van der Waals surface area contributed by atoms with Crippen molar-refractivity contribution in [2.75, 3.05) is 11.9 Å². The lowest BCUT2D eigenvalue weighted by molar-refractivity contribution is 0.339. The molecule has 0 saturated heterocycles. The van der Waals surface area contributed by atoms with Crippen LogP contribution in [0.4, 0.5) is 10.1 Å². The van der Waals surface area contributed by atoms with E-state index in [0.29, 0.717) is 34.0 Å². The fourth-order valence-corrected chi connectivity index (χ4v) is 3.10. The molecule has 0 aliphatic carbocycles. The third-order valence-corrected chi connectivity index (χ3v) is 4.08. The third kappa shape index (κ3) is 4.34. The summed E-state index contributed by atoms with van der Waals surface area (Å²) in [6.45, 7) is 2.77. The molecule has 1 N–H and O–H groups in total. The third-order valence-electron chi connectivity index (χ3n) is 2.78. The standard InChI is InChI=1S/C15H13Br2ClFNO/c1-2-21-15-12(17)6-11(18)7-14(15)20-8-9-3-4-10(16)5-13(9)19/h3-7,20H,2,8H2,1H3. The zero-order valence-corrected chi connectivity index (χ0v) is 15.1. The number of halogens is 4. The van der Waals surface area contributed by atoms with E-state index in [9.17, 15) is 4.39 Å². The summed E-state index contributed by atoms with van der Waals surface area (Å²) in [7, 11) is 0. The molecule has 0 bridgehead atoms. The van der Waals surface area contributed by atoms with Gasteiger partial charge in [0.15, 0.2) is 5.75 Å². The average molecular weight is 438 g/mol. The highest BCUT2D eigenvalue weighted by atomic mass is 79.9. The Morgan fingerprint density at radius 1 is 1.24 bits per heavy atom. The predicted octanol–water partition coefficient (Wildman–Crippen LogP) is 6.01. The summed E-state index contributed by atoms with van der Waals surface area (Å²) < 4.78 is 20.9. The van der Waals surface area contributed by atoms with E-state index >= 15 is 0 Å². The fourth-order valence-electron chi connectivity index (χ4n) is 1.84. The summed E-state index contributed by atoms with van der Waals surface area (Å²) in [5, 5.41) is 3.73. The molecule has 2 aromatic carbocycles. The van der Waals surface area contributed by atoms with Gasteiger partial charge in [-0.05, 0) is 47.1 Å². The minimum absolute atomic E-state index is 0.268. The molecule has 0 spiro atoms. The van der Waals surface area contributed by atoms with E-state index < -0.39 is 0 Å². The van der Waals surface area contributed by atoms with Crippen LogP contribution >= 0.6 is 43.5 Å². The minimum atomic E-state index is -0.268. The largest absolute Gasteiger partial charge is 0.491 e. The first-order valence-corrected chi connectivity index (χ1v) is 8.27. The van der Waals surface area contributed by atoms with E-state index in [1.807, 2.05) is 6.92 Å². The van der Waals surface area contributed by atoms with Gasteiger partial charge in [0.1, 0.15) is 5.82 Å². The number of hydrogen-bond acceptors (Lipinski definition) is 2. The maximum Gasteiger partial charge on any atom is 0.156 e. The van der Waals surface area contributed by atoms with Crippen LogP contribution in [-0.4, -0.2) is 6.61 Å². The highest BCUT2D eigenvalue weighted by Gasteiger charge is 2.11. The fraction of sp³-hybridized carbons (Fsp3) is 0.200. The van der Waals surface area contributed by atoms with Crippen molar-refractivity contribution >= 4 is 49.1 Å². The van der Waals surface area contributed by atoms with Gasteiger partial charge < -0.3 is 10.1 Å². The molecule has 0 atom stereocenters. The molecule has 0 amide bonds. The summed E-state index contributed by atoms with van der Waals surface area (Å²) in [6.07, 6.45) is 0. The monoisotopic (exact) mass is 435 g/mol. The SMILES string of the molecule is CCOc1c(Br)cc(Cl)cc1NCc1ccc(Br)cc1F. The normalized spacial score (nSPS) is 10.5. The Hall–Kier alpha value is -0.780. The number of anilines is 1. The van der Waals surface area contributed by atoms with E-state index in [0.717, 1.165) is 10.2 Å². The molecule has 0 aliphatic heterocycles. The highest BCUT2D eigenvalue weighted by molar-refractivity contribution is 9.10. The van der Waals surface area contributed by atoms with Gasteiger partial charge in [-0.25, -0.2) is 4.39 Å². The Kier molecular flexibility index (Phi) is 5.90. The van der Waals surface area contributed by atoms with Gasteiger partial charge >= 0.3 is 0 Å². The highest BCUT2D eigenvalue weighted by Crippen LogP contribution is 2.37. The molecular formula is C15H13Br2ClFNO. The summed E-state index contributed by atoms with van der Waals surface area (Å²) in [4.78, 5) is 0. The van der Waals surface area contributed by atoms with Crippen LogP contribution in [0.5, 0.6) is 5.75 Å². The summed E-state index contributed by atoms with van der Waals surface area (Å²) in [5.74, 6) is 0.398. The first-order chi connectivity index (χ1) is 10.0. The smallest absolute Gasteiger partial charge is 0.156 e. The molecule has 0 heterocycles. The van der Waals surface area contributed by atoms with Crippen molar-refractivity contribution in [1.82, 2.24) is 0 Å². The quantitative estimate of drug-likeness (QED) is 0.618. The molecule has 0 unspecified atom stereocenters.